The predicted molar refractivity (Wildman–Crippen MR) is 64.0 cm³/mol. The van der Waals surface area contributed by atoms with Gasteiger partial charge in [-0.25, -0.2) is 0 Å². The highest BCUT2D eigenvalue weighted by Gasteiger charge is 2.13. The molecule has 0 saturated carbocycles. The van der Waals surface area contributed by atoms with Crippen molar-refractivity contribution in [2.24, 2.45) is 5.92 Å². The van der Waals surface area contributed by atoms with Crippen molar-refractivity contribution in [1.82, 2.24) is 5.32 Å². The van der Waals surface area contributed by atoms with Crippen LogP contribution >= 0.6 is 0 Å². The molecule has 0 fully saturated rings. The van der Waals surface area contributed by atoms with Gasteiger partial charge in [-0.15, -0.1) is 0 Å². The average Bonchev–Trinajstić information content (AvgIpc) is 2.73. The maximum atomic E-state index is 5.36. The van der Waals surface area contributed by atoms with E-state index in [0.29, 0.717) is 12.7 Å². The second kappa shape index (κ2) is 5.21. The molecule has 0 amide bonds. The highest BCUT2D eigenvalue weighted by atomic mass is 16.7. The summed E-state index contributed by atoms with van der Waals surface area (Å²) in [7, 11) is 0. The number of hydrogen-bond acceptors (Lipinski definition) is 3. The maximum Gasteiger partial charge on any atom is 0.231 e. The molecule has 1 aromatic rings. The molecule has 2 rings (SSSR count). The molecule has 0 aliphatic carbocycles. The first-order valence-corrected chi connectivity index (χ1v) is 5.89. The first kappa shape index (κ1) is 11.3. The molecule has 1 aliphatic rings. The molecular formula is C13H19NO2. The molecule has 1 unspecified atom stereocenters. The predicted octanol–water partition coefficient (Wildman–Crippen LogP) is 2.20. The Morgan fingerprint density at radius 1 is 1.31 bits per heavy atom. The zero-order valence-corrected chi connectivity index (χ0v) is 9.95. The Bertz CT molecular complexity index is 352. The number of rotatable bonds is 5. The Morgan fingerprint density at radius 2 is 2.12 bits per heavy atom. The standard InChI is InChI=1S/C13H19NO2/c1-3-14-8-10(2)6-11-4-5-12-13(7-11)16-9-15-12/h4-5,7,10,14H,3,6,8-9H2,1-2H3. The molecule has 0 aromatic heterocycles. The summed E-state index contributed by atoms with van der Waals surface area (Å²) in [5.74, 6) is 2.39. The van der Waals surface area contributed by atoms with Crippen molar-refractivity contribution in [2.45, 2.75) is 20.3 Å². The van der Waals surface area contributed by atoms with Crippen LogP contribution in [0.15, 0.2) is 18.2 Å². The van der Waals surface area contributed by atoms with Gasteiger partial charge < -0.3 is 14.8 Å². The molecule has 88 valence electrons. The molecule has 3 heteroatoms. The fourth-order valence-electron chi connectivity index (χ4n) is 1.93. The van der Waals surface area contributed by atoms with Crippen LogP contribution in [-0.2, 0) is 6.42 Å². The second-order valence-corrected chi connectivity index (χ2v) is 4.30. The second-order valence-electron chi connectivity index (χ2n) is 4.30. The quantitative estimate of drug-likeness (QED) is 0.827. The minimum absolute atomic E-state index is 0.353. The van der Waals surface area contributed by atoms with Gasteiger partial charge in [0.2, 0.25) is 6.79 Å². The third-order valence-electron chi connectivity index (χ3n) is 2.76. The largest absolute Gasteiger partial charge is 0.454 e. The molecule has 0 saturated heterocycles. The molecule has 0 bridgehead atoms. The van der Waals surface area contributed by atoms with Crippen LogP contribution in [0.4, 0.5) is 0 Å². The summed E-state index contributed by atoms with van der Waals surface area (Å²) in [6.07, 6.45) is 1.07. The monoisotopic (exact) mass is 221 g/mol. The van der Waals surface area contributed by atoms with Crippen LogP contribution in [0.3, 0.4) is 0 Å². The van der Waals surface area contributed by atoms with Gasteiger partial charge in [-0.3, -0.25) is 0 Å². The third kappa shape index (κ3) is 2.67. The van der Waals surface area contributed by atoms with Crippen molar-refractivity contribution in [3.8, 4) is 11.5 Å². The van der Waals surface area contributed by atoms with Crippen molar-refractivity contribution < 1.29 is 9.47 Å². The normalized spacial score (nSPS) is 15.1. The summed E-state index contributed by atoms with van der Waals surface area (Å²) in [4.78, 5) is 0. The smallest absolute Gasteiger partial charge is 0.231 e. The van der Waals surface area contributed by atoms with Crippen molar-refractivity contribution in [3.05, 3.63) is 23.8 Å². The van der Waals surface area contributed by atoms with E-state index in [0.717, 1.165) is 31.0 Å². The van der Waals surface area contributed by atoms with E-state index < -0.39 is 0 Å². The van der Waals surface area contributed by atoms with Gasteiger partial charge in [-0.1, -0.05) is 19.9 Å². The van der Waals surface area contributed by atoms with Crippen molar-refractivity contribution in [2.75, 3.05) is 19.9 Å². The van der Waals surface area contributed by atoms with Crippen molar-refractivity contribution in [3.63, 3.8) is 0 Å². The molecule has 3 nitrogen and oxygen atoms in total. The van der Waals surface area contributed by atoms with E-state index in [4.69, 9.17) is 9.47 Å². The molecule has 16 heavy (non-hydrogen) atoms. The van der Waals surface area contributed by atoms with Crippen LogP contribution in [0.5, 0.6) is 11.5 Å². The van der Waals surface area contributed by atoms with E-state index in [-0.39, 0.29) is 0 Å². The highest BCUT2D eigenvalue weighted by molar-refractivity contribution is 5.44. The van der Waals surface area contributed by atoms with Gasteiger partial charge in [0, 0.05) is 0 Å². The fourth-order valence-corrected chi connectivity index (χ4v) is 1.93. The Kier molecular flexibility index (Phi) is 3.67. The van der Waals surface area contributed by atoms with E-state index in [1.165, 1.54) is 5.56 Å². The summed E-state index contributed by atoms with van der Waals surface area (Å²) < 4.78 is 10.7. The number of nitrogens with one attached hydrogen (secondary N) is 1. The lowest BCUT2D eigenvalue weighted by Gasteiger charge is -2.12. The fraction of sp³-hybridized carbons (Fsp3) is 0.538. The van der Waals surface area contributed by atoms with Gasteiger partial charge in [0.1, 0.15) is 0 Å². The van der Waals surface area contributed by atoms with E-state index >= 15 is 0 Å². The number of benzene rings is 1. The van der Waals surface area contributed by atoms with E-state index in [2.05, 4.69) is 31.3 Å². The summed E-state index contributed by atoms with van der Waals surface area (Å²) in [6, 6.07) is 6.21. The lowest BCUT2D eigenvalue weighted by Crippen LogP contribution is -2.21. The van der Waals surface area contributed by atoms with Crippen LogP contribution in [0.2, 0.25) is 0 Å². The summed E-state index contributed by atoms with van der Waals surface area (Å²) >= 11 is 0. The number of fused-ring (bicyclic) bond motifs is 1. The molecule has 0 radical (unpaired) electrons. The van der Waals surface area contributed by atoms with Gasteiger partial charge in [0.25, 0.3) is 0 Å². The molecular weight excluding hydrogens is 202 g/mol. The summed E-state index contributed by atoms with van der Waals surface area (Å²) in [5.41, 5.74) is 1.31. The van der Waals surface area contributed by atoms with Crippen molar-refractivity contribution in [1.29, 1.82) is 0 Å². The van der Waals surface area contributed by atoms with E-state index in [9.17, 15) is 0 Å². The number of ether oxygens (including phenoxy) is 2. The summed E-state index contributed by atoms with van der Waals surface area (Å²) in [5, 5.41) is 3.36. The van der Waals surface area contributed by atoms with Crippen LogP contribution < -0.4 is 14.8 Å². The van der Waals surface area contributed by atoms with Crippen LogP contribution in [0.25, 0.3) is 0 Å². The minimum atomic E-state index is 0.353. The number of hydrogen-bond donors (Lipinski definition) is 1. The van der Waals surface area contributed by atoms with Crippen LogP contribution in [0.1, 0.15) is 19.4 Å². The molecule has 1 atom stereocenters. The van der Waals surface area contributed by atoms with Gasteiger partial charge in [0.15, 0.2) is 11.5 Å². The maximum absolute atomic E-state index is 5.36. The Morgan fingerprint density at radius 3 is 2.94 bits per heavy atom. The zero-order valence-electron chi connectivity index (χ0n) is 9.95. The molecule has 1 heterocycles. The molecule has 1 N–H and O–H groups in total. The SMILES string of the molecule is CCNCC(C)Cc1ccc2c(c1)OCO2. The average molecular weight is 221 g/mol. The Balaban J connectivity index is 1.94. The van der Waals surface area contributed by atoms with Gasteiger partial charge >= 0.3 is 0 Å². The van der Waals surface area contributed by atoms with Crippen molar-refractivity contribution >= 4 is 0 Å². The third-order valence-corrected chi connectivity index (χ3v) is 2.76. The first-order valence-electron chi connectivity index (χ1n) is 5.89. The minimum Gasteiger partial charge on any atom is -0.454 e. The van der Waals surface area contributed by atoms with E-state index in [1.807, 2.05) is 6.07 Å². The zero-order chi connectivity index (χ0) is 11.4. The van der Waals surface area contributed by atoms with Gasteiger partial charge in [-0.2, -0.15) is 0 Å². The first-order chi connectivity index (χ1) is 7.79. The lowest BCUT2D eigenvalue weighted by molar-refractivity contribution is 0.174. The van der Waals surface area contributed by atoms with Gasteiger partial charge in [-0.05, 0) is 43.1 Å². The van der Waals surface area contributed by atoms with Crippen LogP contribution in [0, 0.1) is 5.92 Å². The molecule has 1 aliphatic heterocycles. The highest BCUT2D eigenvalue weighted by Crippen LogP contribution is 2.32. The molecule has 0 spiro atoms. The van der Waals surface area contributed by atoms with Crippen LogP contribution in [-0.4, -0.2) is 19.9 Å². The molecule has 1 aromatic carbocycles. The summed E-state index contributed by atoms with van der Waals surface area (Å²) in [6.45, 7) is 6.84. The Hall–Kier alpha value is -1.22. The van der Waals surface area contributed by atoms with E-state index in [1.54, 1.807) is 0 Å². The van der Waals surface area contributed by atoms with Gasteiger partial charge in [0.05, 0.1) is 0 Å². The topological polar surface area (TPSA) is 30.5 Å². The Labute approximate surface area is 96.8 Å². The lowest BCUT2D eigenvalue weighted by atomic mass is 10.0.